The van der Waals surface area contributed by atoms with E-state index in [1.807, 2.05) is 0 Å². The topological polar surface area (TPSA) is 858 Å². The molecule has 10 saturated heterocycles. The zero-order chi connectivity index (χ0) is 90.5. The molecule has 0 radical (unpaired) electrons. The van der Waals surface area contributed by atoms with E-state index < -0.39 is 397 Å². The molecule has 712 valence electrons. The summed E-state index contributed by atoms with van der Waals surface area (Å²) in [5.41, 5.74) is 0. The zero-order valence-electron chi connectivity index (χ0n) is 65.9. The van der Waals surface area contributed by atoms with Crippen LogP contribution < -0.4 is 21.3 Å². The number of aliphatic hydroxyl groups is 28. The molecule has 32 N–H and O–H groups in total. The van der Waals surface area contributed by atoms with Crippen LogP contribution in [0, 0.1) is 0 Å². The summed E-state index contributed by atoms with van der Waals surface area (Å²) in [5.74, 6) is -3.86. The van der Waals surface area contributed by atoms with Crippen molar-refractivity contribution in [2.75, 3.05) is 66.1 Å². The maximum atomic E-state index is 13.3. The van der Waals surface area contributed by atoms with Crippen LogP contribution in [0.2, 0.25) is 0 Å². The highest BCUT2D eigenvalue weighted by Gasteiger charge is 2.62. The monoisotopic (exact) mass is 1800 g/mol. The highest BCUT2D eigenvalue weighted by atomic mass is 16.8. The number of amides is 4. The molecule has 0 aromatic heterocycles. The highest BCUT2D eigenvalue weighted by molar-refractivity contribution is 5.74. The summed E-state index contributed by atoms with van der Waals surface area (Å²) in [4.78, 5) is 52.4. The Morgan fingerprint density at radius 1 is 0.211 bits per heavy atom. The van der Waals surface area contributed by atoms with Crippen LogP contribution in [0.4, 0.5) is 0 Å². The van der Waals surface area contributed by atoms with Gasteiger partial charge in [-0.25, -0.2) is 0 Å². The molecule has 10 aliphatic rings. The van der Waals surface area contributed by atoms with Crippen LogP contribution >= 0.6 is 0 Å². The Hall–Kier alpha value is -4.00. The smallest absolute Gasteiger partial charge is 0.217 e. The van der Waals surface area contributed by atoms with E-state index in [0.29, 0.717) is 0 Å². The molecule has 0 unspecified atom stereocenters. The Bertz CT molecular complexity index is 3300. The lowest BCUT2D eigenvalue weighted by atomic mass is 9.93. The molecule has 10 heterocycles. The lowest BCUT2D eigenvalue weighted by Crippen LogP contribution is -2.71. The van der Waals surface area contributed by atoms with Crippen molar-refractivity contribution in [2.24, 2.45) is 0 Å². The number of nitrogens with one attached hydrogen (secondary N) is 4. The van der Waals surface area contributed by atoms with Gasteiger partial charge in [-0.15, -0.1) is 0 Å². The Morgan fingerprint density at radius 3 is 0.740 bits per heavy atom. The summed E-state index contributed by atoms with van der Waals surface area (Å²) < 4.78 is 112. The average Bonchev–Trinajstić information content (AvgIpc) is 0.775. The molecular formula is C68H114N4O51. The van der Waals surface area contributed by atoms with Gasteiger partial charge in [-0.3, -0.25) is 19.2 Å². The molecule has 123 heavy (non-hydrogen) atoms. The molecule has 0 aliphatic carbocycles. The van der Waals surface area contributed by atoms with E-state index in [2.05, 4.69) is 21.3 Å². The average molecular weight is 1800 g/mol. The van der Waals surface area contributed by atoms with Crippen molar-refractivity contribution in [1.29, 1.82) is 0 Å². The summed E-state index contributed by atoms with van der Waals surface area (Å²) in [6.07, 6.45) is -96.0. The van der Waals surface area contributed by atoms with Gasteiger partial charge < -0.3 is 254 Å². The first-order valence-corrected chi connectivity index (χ1v) is 39.1. The molecule has 10 aliphatic heterocycles. The van der Waals surface area contributed by atoms with Crippen molar-refractivity contribution in [1.82, 2.24) is 21.3 Å². The van der Waals surface area contributed by atoms with Crippen LogP contribution in [0.15, 0.2) is 0 Å². The standard InChI is InChI=1S/C68H114N4O51/c1-15(81)69-29-40(92)52(117-64-47(99)42(94)33(85)19(5-73)110-64)25(11-79)113-60(29)105-13-27-38(90)57(122-62-31(71-17(3)83)55(36(88)22(8-76)108-62)120-65-48(100)43(95)34(86)20(6-74)111-65)50(102)67(115-27)118-53-26(12-80)114-61(30(41(53)93)70-16(2)82)106-14-28-39(91)58(51(103)68(116-28)119-54-24(10-78)107-59(104)46(98)45(54)97)123-63-32(72-18(4)84)56(37(89)23(9-77)109-63)121-66-49(101)44(96)35(87)21(7-75)112-66/h19-68,73-80,85-104H,5-14H2,1-4H3,(H,69,81)(H,70,82)(H,71,83)(H,72,84)/t19-,20-,21-,22-,23-,24-,25-,26-,27-,28-,29-,30-,31-,32-,33+,34+,35+,36-,37-,38+,39+,40-,41-,42+,43+,44+,45-,46-,47-,48-,49-,50-,51-,52-,53-,54-,55-,56-,57+,58+,59-,60-,61-,62+,63+,64+,65+,66+,67+,68+/m1/s1. The predicted octanol–water partition coefficient (Wildman–Crippen LogP) is -22.2. The third-order valence-electron chi connectivity index (χ3n) is 22.4. The number of ether oxygens (including phenoxy) is 19. The largest absolute Gasteiger partial charge is 0.394 e. The molecule has 0 aromatic carbocycles. The number of hydrogen-bond acceptors (Lipinski definition) is 51. The first kappa shape index (κ1) is 101. The summed E-state index contributed by atoms with van der Waals surface area (Å²) >= 11 is 0. The molecule has 0 bridgehead atoms. The van der Waals surface area contributed by atoms with E-state index in [-0.39, 0.29) is 0 Å². The van der Waals surface area contributed by atoms with Gasteiger partial charge in [0.05, 0.1) is 66.1 Å². The minimum absolute atomic E-state index is 0.905. The summed E-state index contributed by atoms with van der Waals surface area (Å²) in [7, 11) is 0. The summed E-state index contributed by atoms with van der Waals surface area (Å²) in [5, 5.41) is 319. The minimum Gasteiger partial charge on any atom is -0.394 e. The van der Waals surface area contributed by atoms with E-state index in [1.165, 1.54) is 0 Å². The molecule has 4 amide bonds. The fourth-order valence-corrected chi connectivity index (χ4v) is 15.9. The van der Waals surface area contributed by atoms with Gasteiger partial charge in [0.1, 0.15) is 244 Å². The Balaban J connectivity index is 0.958. The van der Waals surface area contributed by atoms with E-state index in [0.717, 1.165) is 27.7 Å². The van der Waals surface area contributed by atoms with Crippen molar-refractivity contribution in [2.45, 2.75) is 335 Å². The van der Waals surface area contributed by atoms with Crippen LogP contribution in [-0.4, -0.2) is 539 Å². The molecule has 50 atom stereocenters. The van der Waals surface area contributed by atoms with Crippen molar-refractivity contribution in [3.63, 3.8) is 0 Å². The summed E-state index contributed by atoms with van der Waals surface area (Å²) in [6.45, 7) is -7.22. The quantitative estimate of drug-likeness (QED) is 0.0297. The van der Waals surface area contributed by atoms with Crippen LogP contribution in [0.25, 0.3) is 0 Å². The minimum atomic E-state index is -2.54. The SMILES string of the molecule is CC(=O)N[C@H]1[C@H](OC[C@H]2O[C@@H](O[C@H]3[C@H](O)[C@@H](NC(C)=O)[C@H](OC[C@H]4O[C@@H](O[C@H]5[C@H](O)[C@@H](O)[C@H](O)O[C@@H]5CO)[C@H](O)[C@@H](O[C@@H]5O[C@H](CO)[C@@H](O)[C@H](O[C@@H]6O[C@H](CO)[C@H](O)[C@H](O)[C@H]6O)[C@H]5NC(C)=O)[C@H]4O)O[C@@H]3CO)[C@H](O)[C@@H](O[C@@H]3O[C@H](CO)[C@@H](O)[C@H](O[C@@H]4O[C@H](CO)[C@H](O)[C@H](O)[C@H]4O)[C@H]3NC(C)=O)[C@H]2O)O[C@H](CO)[C@@H](O[C@@H]2O[C@H](CO)[C@H](O)[C@H](O)[C@H]2O)[C@@H]1O. The van der Waals surface area contributed by atoms with Gasteiger partial charge in [0.25, 0.3) is 0 Å². The maximum Gasteiger partial charge on any atom is 0.217 e. The number of carbonyl (C=O) groups excluding carboxylic acids is 4. The second kappa shape index (κ2) is 44.3. The first-order chi connectivity index (χ1) is 58.2. The predicted molar refractivity (Wildman–Crippen MR) is 376 cm³/mol. The lowest BCUT2D eigenvalue weighted by molar-refractivity contribution is -0.386. The fourth-order valence-electron chi connectivity index (χ4n) is 15.9. The molecule has 0 saturated carbocycles. The van der Waals surface area contributed by atoms with Crippen molar-refractivity contribution in [3.05, 3.63) is 0 Å². The second-order valence-corrected chi connectivity index (χ2v) is 31.0. The van der Waals surface area contributed by atoms with Crippen LogP contribution in [0.5, 0.6) is 0 Å². The van der Waals surface area contributed by atoms with Gasteiger partial charge in [-0.05, 0) is 0 Å². The van der Waals surface area contributed by atoms with Crippen molar-refractivity contribution in [3.8, 4) is 0 Å². The van der Waals surface area contributed by atoms with E-state index in [1.54, 1.807) is 0 Å². The zero-order valence-corrected chi connectivity index (χ0v) is 65.9. The Kier molecular flexibility index (Phi) is 36.4. The molecule has 55 heteroatoms. The van der Waals surface area contributed by atoms with E-state index in [9.17, 15) is 162 Å². The molecule has 0 aromatic rings. The van der Waals surface area contributed by atoms with Crippen LogP contribution in [-0.2, 0) is 109 Å². The molecule has 0 spiro atoms. The molecule has 55 nitrogen and oxygen atoms in total. The Morgan fingerprint density at radius 2 is 0.439 bits per heavy atom. The first-order valence-electron chi connectivity index (χ1n) is 39.1. The third kappa shape index (κ3) is 22.4. The number of hydrogen-bond donors (Lipinski definition) is 32. The van der Waals surface area contributed by atoms with Crippen molar-refractivity contribution < 1.29 is 252 Å². The van der Waals surface area contributed by atoms with Crippen molar-refractivity contribution >= 4 is 23.6 Å². The maximum absolute atomic E-state index is 13.3. The van der Waals surface area contributed by atoms with Gasteiger partial charge in [-0.2, -0.15) is 0 Å². The van der Waals surface area contributed by atoms with Crippen LogP contribution in [0.1, 0.15) is 27.7 Å². The Labute approximate surface area is 695 Å². The number of aliphatic hydroxyl groups excluding tert-OH is 28. The fraction of sp³-hybridized carbons (Fsp3) is 0.941. The van der Waals surface area contributed by atoms with Gasteiger partial charge >= 0.3 is 0 Å². The van der Waals surface area contributed by atoms with Crippen LogP contribution in [0.3, 0.4) is 0 Å². The third-order valence-corrected chi connectivity index (χ3v) is 22.4. The normalized spacial score (nSPS) is 49.4. The lowest BCUT2D eigenvalue weighted by Gasteiger charge is -2.51. The number of rotatable bonds is 32. The van der Waals surface area contributed by atoms with Gasteiger partial charge in [0.2, 0.25) is 23.6 Å². The van der Waals surface area contributed by atoms with Gasteiger partial charge in [0, 0.05) is 27.7 Å². The summed E-state index contributed by atoms with van der Waals surface area (Å²) in [6, 6.07) is -7.75. The molecule has 10 rings (SSSR count). The molecule has 10 fully saturated rings. The van der Waals surface area contributed by atoms with E-state index >= 15 is 0 Å². The molecular weight excluding hydrogens is 1690 g/mol. The van der Waals surface area contributed by atoms with E-state index in [4.69, 9.17) is 90.0 Å². The second-order valence-electron chi connectivity index (χ2n) is 31.0. The van der Waals surface area contributed by atoms with Gasteiger partial charge in [0.15, 0.2) is 62.9 Å². The number of carbonyl (C=O) groups is 4. The highest BCUT2D eigenvalue weighted by Crippen LogP contribution is 2.40. The van der Waals surface area contributed by atoms with Gasteiger partial charge in [-0.1, -0.05) is 0 Å².